The highest BCUT2D eigenvalue weighted by atomic mass is 19.2. The van der Waals surface area contributed by atoms with Crippen molar-refractivity contribution in [3.8, 4) is 0 Å². The molecule has 6 unspecified atom stereocenters. The Balaban J connectivity index is 0.000000331. The van der Waals surface area contributed by atoms with Gasteiger partial charge in [-0.25, -0.2) is 8.78 Å². The van der Waals surface area contributed by atoms with Crippen LogP contribution in [0.1, 0.15) is 61.8 Å². The molecule has 0 amide bonds. The van der Waals surface area contributed by atoms with Crippen molar-refractivity contribution in [2.24, 2.45) is 22.9 Å². The van der Waals surface area contributed by atoms with Gasteiger partial charge in [0.25, 0.3) is 0 Å². The van der Waals surface area contributed by atoms with E-state index >= 15 is 0 Å². The lowest BCUT2D eigenvalue weighted by atomic mass is 9.96. The van der Waals surface area contributed by atoms with E-state index in [0.717, 1.165) is 0 Å². The second-order valence-electron chi connectivity index (χ2n) is 11.0. The zero-order valence-electron chi connectivity index (χ0n) is 21.2. The lowest BCUT2D eigenvalue weighted by molar-refractivity contribution is -0.270. The Morgan fingerprint density at radius 1 is 0.818 bits per heavy atom. The Kier molecular flexibility index (Phi) is 11.1. The summed E-state index contributed by atoms with van der Waals surface area (Å²) in [7, 11) is 0. The molecule has 0 radical (unpaired) electrons. The second kappa shape index (κ2) is 12.0. The van der Waals surface area contributed by atoms with Crippen molar-refractivity contribution in [1.82, 2.24) is 0 Å². The molecule has 198 valence electrons. The molecule has 0 aromatic heterocycles. The summed E-state index contributed by atoms with van der Waals surface area (Å²) in [6.07, 6.45) is -6.73. The van der Waals surface area contributed by atoms with Gasteiger partial charge in [0, 0.05) is 12.1 Å². The standard InChI is InChI=1S/C11H22F2N2O2.C11H24N2O3/c1-5(14)9-7(13)6(12)8(15)10(16-9)17-11(2,3)4;1-6(12)9-8(14)5-7(13)10(15-9)16-11(2,3)4/h5-10H,14-15H2,1-4H3;6-10,14H,5,12-13H2,1-4H3/t5?,6?,7?,8-,9?,10-;6?,7-,8+,9?,10-/m11/s1. The van der Waals surface area contributed by atoms with E-state index in [0.29, 0.717) is 6.42 Å². The first-order chi connectivity index (χ1) is 14.8. The average Bonchev–Trinajstić information content (AvgIpc) is 2.62. The van der Waals surface area contributed by atoms with E-state index in [9.17, 15) is 13.9 Å². The monoisotopic (exact) mass is 484 g/mol. The Bertz CT molecular complexity index is 588. The van der Waals surface area contributed by atoms with Gasteiger partial charge in [0.2, 0.25) is 0 Å². The van der Waals surface area contributed by atoms with Crippen LogP contribution in [0.5, 0.6) is 0 Å². The molecule has 2 heterocycles. The highest BCUT2D eigenvalue weighted by Crippen LogP contribution is 2.29. The normalized spacial score (nSPS) is 39.9. The van der Waals surface area contributed by atoms with Gasteiger partial charge in [0.05, 0.1) is 29.4 Å². The van der Waals surface area contributed by atoms with Crippen molar-refractivity contribution < 1.29 is 32.8 Å². The van der Waals surface area contributed by atoms with Gasteiger partial charge in [0.15, 0.2) is 24.9 Å². The maximum absolute atomic E-state index is 13.7. The van der Waals surface area contributed by atoms with Gasteiger partial charge >= 0.3 is 0 Å². The predicted molar refractivity (Wildman–Crippen MR) is 123 cm³/mol. The van der Waals surface area contributed by atoms with Crippen molar-refractivity contribution in [2.45, 2.75) is 140 Å². The molecule has 0 bridgehead atoms. The van der Waals surface area contributed by atoms with Gasteiger partial charge in [-0.05, 0) is 61.8 Å². The summed E-state index contributed by atoms with van der Waals surface area (Å²) in [5, 5.41) is 9.79. The van der Waals surface area contributed by atoms with E-state index in [1.807, 2.05) is 20.8 Å². The van der Waals surface area contributed by atoms with Crippen LogP contribution >= 0.6 is 0 Å². The van der Waals surface area contributed by atoms with Crippen LogP contribution in [-0.4, -0.2) is 83.7 Å². The number of halogens is 2. The molecule has 11 atom stereocenters. The van der Waals surface area contributed by atoms with E-state index < -0.39 is 60.9 Å². The number of aliphatic hydroxyl groups excluding tert-OH is 1. The Morgan fingerprint density at radius 2 is 1.24 bits per heavy atom. The van der Waals surface area contributed by atoms with Crippen LogP contribution in [0.4, 0.5) is 8.78 Å². The average molecular weight is 485 g/mol. The molecule has 2 rings (SSSR count). The first-order valence-corrected chi connectivity index (χ1v) is 11.5. The highest BCUT2D eigenvalue weighted by molar-refractivity contribution is 4.95. The molecule has 9 N–H and O–H groups in total. The van der Waals surface area contributed by atoms with Gasteiger partial charge in [-0.2, -0.15) is 0 Å². The summed E-state index contributed by atoms with van der Waals surface area (Å²) < 4.78 is 49.5. The zero-order chi connectivity index (χ0) is 25.9. The summed E-state index contributed by atoms with van der Waals surface area (Å²) in [4.78, 5) is 0. The molecular formula is C22H46F2N4O5. The van der Waals surface area contributed by atoms with Gasteiger partial charge in [-0.15, -0.1) is 0 Å². The topological polar surface area (TPSA) is 161 Å². The number of alkyl halides is 2. The molecule has 33 heavy (non-hydrogen) atoms. The fraction of sp³-hybridized carbons (Fsp3) is 1.00. The fourth-order valence-corrected chi connectivity index (χ4v) is 3.54. The minimum Gasteiger partial charge on any atom is -0.390 e. The molecule has 0 aliphatic carbocycles. The van der Waals surface area contributed by atoms with E-state index in [1.165, 1.54) is 0 Å². The van der Waals surface area contributed by atoms with Crippen LogP contribution in [-0.2, 0) is 18.9 Å². The van der Waals surface area contributed by atoms with Gasteiger partial charge < -0.3 is 47.0 Å². The van der Waals surface area contributed by atoms with Gasteiger partial charge in [-0.3, -0.25) is 0 Å². The van der Waals surface area contributed by atoms with Gasteiger partial charge in [-0.1, -0.05) is 0 Å². The molecule has 0 spiro atoms. The quantitative estimate of drug-likeness (QED) is 0.389. The maximum Gasteiger partial charge on any atom is 0.176 e. The number of nitrogens with two attached hydrogens (primary N) is 4. The van der Waals surface area contributed by atoms with Crippen molar-refractivity contribution in [3.63, 3.8) is 0 Å². The molecule has 0 aromatic carbocycles. The van der Waals surface area contributed by atoms with E-state index in [2.05, 4.69) is 0 Å². The van der Waals surface area contributed by atoms with Crippen molar-refractivity contribution in [2.75, 3.05) is 0 Å². The Labute approximate surface area is 196 Å². The molecule has 11 heteroatoms. The summed E-state index contributed by atoms with van der Waals surface area (Å²) in [5.74, 6) is 0. The molecule has 2 aliphatic heterocycles. The van der Waals surface area contributed by atoms with Crippen LogP contribution in [0.2, 0.25) is 0 Å². The maximum atomic E-state index is 13.7. The molecule has 2 aliphatic rings. The second-order valence-corrected chi connectivity index (χ2v) is 11.0. The van der Waals surface area contributed by atoms with Crippen LogP contribution in [0.25, 0.3) is 0 Å². The van der Waals surface area contributed by atoms with Crippen LogP contribution in [0, 0.1) is 0 Å². The largest absolute Gasteiger partial charge is 0.390 e. The Hall–Kier alpha value is -0.500. The third-order valence-electron chi connectivity index (χ3n) is 5.10. The van der Waals surface area contributed by atoms with E-state index in [-0.39, 0.29) is 17.7 Å². The first-order valence-electron chi connectivity index (χ1n) is 11.5. The minimum atomic E-state index is -1.83. The molecular weight excluding hydrogens is 438 g/mol. The first kappa shape index (κ1) is 30.5. The molecule has 2 fully saturated rings. The number of hydrogen-bond acceptors (Lipinski definition) is 9. The van der Waals surface area contributed by atoms with Crippen LogP contribution in [0.15, 0.2) is 0 Å². The van der Waals surface area contributed by atoms with Crippen LogP contribution in [0.3, 0.4) is 0 Å². The van der Waals surface area contributed by atoms with Crippen molar-refractivity contribution in [1.29, 1.82) is 0 Å². The van der Waals surface area contributed by atoms with E-state index in [1.54, 1.807) is 34.6 Å². The third kappa shape index (κ3) is 9.58. The zero-order valence-corrected chi connectivity index (χ0v) is 21.2. The number of rotatable bonds is 4. The predicted octanol–water partition coefficient (Wildman–Crippen LogP) is 0.829. The van der Waals surface area contributed by atoms with Gasteiger partial charge in [0.1, 0.15) is 12.2 Å². The third-order valence-corrected chi connectivity index (χ3v) is 5.10. The molecule has 2 saturated heterocycles. The summed E-state index contributed by atoms with van der Waals surface area (Å²) in [6.45, 7) is 14.6. The summed E-state index contributed by atoms with van der Waals surface area (Å²) in [5.41, 5.74) is 21.9. The fourth-order valence-electron chi connectivity index (χ4n) is 3.54. The van der Waals surface area contributed by atoms with E-state index in [4.69, 9.17) is 41.9 Å². The van der Waals surface area contributed by atoms with Crippen molar-refractivity contribution >= 4 is 0 Å². The summed E-state index contributed by atoms with van der Waals surface area (Å²) >= 11 is 0. The Morgan fingerprint density at radius 3 is 1.67 bits per heavy atom. The lowest BCUT2D eigenvalue weighted by Crippen LogP contribution is -2.63. The number of aliphatic hydroxyl groups is 1. The lowest BCUT2D eigenvalue weighted by Gasteiger charge is -2.42. The summed E-state index contributed by atoms with van der Waals surface area (Å²) in [6, 6.07) is -2.32. The minimum absolute atomic E-state index is 0.242. The highest BCUT2D eigenvalue weighted by Gasteiger charge is 2.48. The number of hydrogen-bond donors (Lipinski definition) is 5. The molecule has 9 nitrogen and oxygen atoms in total. The van der Waals surface area contributed by atoms with Crippen LogP contribution < -0.4 is 22.9 Å². The molecule has 0 aromatic rings. The molecule has 0 saturated carbocycles. The SMILES string of the molecule is CC(N)C1O[C@H](OC(C)(C)C)[C@H](N)C(F)C1F.CC(N)C1O[C@H](OC(C)(C)C)[C@H](N)C[C@@H]1O. The number of ether oxygens (including phenoxy) is 4. The smallest absolute Gasteiger partial charge is 0.176 e. The van der Waals surface area contributed by atoms with Crippen molar-refractivity contribution in [3.05, 3.63) is 0 Å².